The fourth-order valence-corrected chi connectivity index (χ4v) is 5.51. The molecule has 148 valence electrons. The smallest absolute Gasteiger partial charge is 0.339 e. The van der Waals surface area contributed by atoms with Crippen molar-refractivity contribution in [3.05, 3.63) is 51.7 Å². The number of anilines is 1. The first kappa shape index (κ1) is 19.1. The van der Waals surface area contributed by atoms with Gasteiger partial charge in [-0.15, -0.1) is 11.3 Å². The fraction of sp³-hybridized carbons (Fsp3) is 0.429. The third-order valence-electron chi connectivity index (χ3n) is 5.80. The van der Waals surface area contributed by atoms with Gasteiger partial charge in [-0.25, -0.2) is 9.18 Å². The van der Waals surface area contributed by atoms with Gasteiger partial charge >= 0.3 is 5.97 Å². The Balaban J connectivity index is 1.70. The summed E-state index contributed by atoms with van der Waals surface area (Å²) in [5.74, 6) is -1.58. The van der Waals surface area contributed by atoms with Crippen LogP contribution in [0.2, 0.25) is 0 Å². The molecular formula is C21H22FNO4S. The lowest BCUT2D eigenvalue weighted by Gasteiger charge is -2.36. The van der Waals surface area contributed by atoms with E-state index in [-0.39, 0.29) is 17.3 Å². The molecule has 0 saturated heterocycles. The standard InChI is InChI=1S/C21H22FNO4S/c22-14-6-4-13(5-7-14)21(9-2-1-3-10-21)20(26)23-18-17(19(24)25)15-8-11-27-12-16(15)28-18/h4-7H,1-3,8-12H2,(H,23,26)(H,24,25). The summed E-state index contributed by atoms with van der Waals surface area (Å²) in [4.78, 5) is 26.2. The Morgan fingerprint density at radius 3 is 2.54 bits per heavy atom. The summed E-state index contributed by atoms with van der Waals surface area (Å²) in [7, 11) is 0. The molecule has 0 spiro atoms. The number of benzene rings is 1. The molecule has 0 bridgehead atoms. The predicted octanol–water partition coefficient (Wildman–Crippen LogP) is 4.50. The maximum atomic E-state index is 13.4. The molecule has 1 amide bonds. The fourth-order valence-electron chi connectivity index (χ4n) is 4.34. The van der Waals surface area contributed by atoms with Gasteiger partial charge in [-0.05, 0) is 42.5 Å². The van der Waals surface area contributed by atoms with Crippen LogP contribution in [-0.4, -0.2) is 23.6 Å². The van der Waals surface area contributed by atoms with E-state index >= 15 is 0 Å². The first-order valence-electron chi connectivity index (χ1n) is 9.54. The van der Waals surface area contributed by atoms with Crippen molar-refractivity contribution in [1.29, 1.82) is 0 Å². The zero-order valence-corrected chi connectivity index (χ0v) is 16.2. The van der Waals surface area contributed by atoms with Gasteiger partial charge < -0.3 is 15.2 Å². The first-order valence-corrected chi connectivity index (χ1v) is 10.4. The molecule has 2 aromatic rings. The number of ether oxygens (including phenoxy) is 1. The number of thiophene rings is 1. The molecule has 2 aliphatic rings. The number of carbonyl (C=O) groups excluding carboxylic acids is 1. The largest absolute Gasteiger partial charge is 0.478 e. The van der Waals surface area contributed by atoms with Crippen LogP contribution in [0.25, 0.3) is 0 Å². The maximum Gasteiger partial charge on any atom is 0.339 e. The molecule has 1 saturated carbocycles. The highest BCUT2D eigenvalue weighted by molar-refractivity contribution is 7.17. The zero-order valence-electron chi connectivity index (χ0n) is 15.4. The molecule has 0 radical (unpaired) electrons. The average molecular weight is 403 g/mol. The molecule has 4 rings (SSSR count). The molecule has 7 heteroatoms. The summed E-state index contributed by atoms with van der Waals surface area (Å²) in [6, 6.07) is 6.10. The lowest BCUT2D eigenvalue weighted by Crippen LogP contribution is -2.42. The zero-order chi connectivity index (χ0) is 19.7. The molecule has 1 aromatic heterocycles. The number of amides is 1. The Kier molecular flexibility index (Phi) is 5.21. The molecule has 2 heterocycles. The van der Waals surface area contributed by atoms with E-state index in [0.717, 1.165) is 35.3 Å². The van der Waals surface area contributed by atoms with Gasteiger partial charge in [0.25, 0.3) is 0 Å². The number of halogens is 1. The molecule has 28 heavy (non-hydrogen) atoms. The molecule has 1 aliphatic carbocycles. The quantitative estimate of drug-likeness (QED) is 0.788. The van der Waals surface area contributed by atoms with Gasteiger partial charge in [0, 0.05) is 4.88 Å². The van der Waals surface area contributed by atoms with E-state index < -0.39 is 11.4 Å². The maximum absolute atomic E-state index is 13.4. The number of carboxylic acid groups (broad SMARTS) is 1. The lowest BCUT2D eigenvalue weighted by molar-refractivity contribution is -0.122. The van der Waals surface area contributed by atoms with Crippen LogP contribution in [0.4, 0.5) is 9.39 Å². The second-order valence-corrected chi connectivity index (χ2v) is 8.52. The number of carboxylic acids is 1. The third kappa shape index (κ3) is 3.33. The van der Waals surface area contributed by atoms with Crippen molar-refractivity contribution in [3.63, 3.8) is 0 Å². The normalized spacial score (nSPS) is 18.3. The number of aromatic carboxylic acids is 1. The van der Waals surface area contributed by atoms with Crippen molar-refractivity contribution in [2.75, 3.05) is 11.9 Å². The van der Waals surface area contributed by atoms with E-state index in [1.807, 2.05) is 0 Å². The summed E-state index contributed by atoms with van der Waals surface area (Å²) < 4.78 is 18.9. The Hall–Kier alpha value is -2.25. The second-order valence-electron chi connectivity index (χ2n) is 7.42. The van der Waals surface area contributed by atoms with Crippen molar-refractivity contribution >= 4 is 28.2 Å². The summed E-state index contributed by atoms with van der Waals surface area (Å²) >= 11 is 1.28. The number of hydrogen-bond acceptors (Lipinski definition) is 4. The molecule has 1 aromatic carbocycles. The van der Waals surface area contributed by atoms with E-state index in [0.29, 0.717) is 37.5 Å². The summed E-state index contributed by atoms with van der Waals surface area (Å²) in [5, 5.41) is 13.0. The number of fused-ring (bicyclic) bond motifs is 1. The minimum absolute atomic E-state index is 0.182. The van der Waals surface area contributed by atoms with E-state index in [1.165, 1.54) is 23.5 Å². The van der Waals surface area contributed by atoms with Crippen molar-refractivity contribution in [1.82, 2.24) is 0 Å². The highest BCUT2D eigenvalue weighted by Crippen LogP contribution is 2.42. The predicted molar refractivity (Wildman–Crippen MR) is 104 cm³/mol. The van der Waals surface area contributed by atoms with Crippen molar-refractivity contribution < 1.29 is 23.8 Å². The lowest BCUT2D eigenvalue weighted by atomic mass is 9.68. The number of nitrogens with one attached hydrogen (secondary N) is 1. The van der Waals surface area contributed by atoms with Gasteiger partial charge in [0.15, 0.2) is 0 Å². The minimum Gasteiger partial charge on any atom is -0.478 e. The van der Waals surface area contributed by atoms with Crippen LogP contribution in [0.1, 0.15) is 58.5 Å². The van der Waals surface area contributed by atoms with Crippen molar-refractivity contribution in [2.45, 2.75) is 50.5 Å². The highest BCUT2D eigenvalue weighted by atomic mass is 32.1. The molecule has 2 N–H and O–H groups in total. The number of rotatable bonds is 4. The Labute approximate surface area is 166 Å². The minimum atomic E-state index is -1.03. The van der Waals surface area contributed by atoms with Gasteiger partial charge in [-0.2, -0.15) is 0 Å². The molecule has 0 atom stereocenters. The molecule has 5 nitrogen and oxygen atoms in total. The van der Waals surface area contributed by atoms with Crippen molar-refractivity contribution in [3.8, 4) is 0 Å². The van der Waals surface area contributed by atoms with E-state index in [4.69, 9.17) is 4.74 Å². The van der Waals surface area contributed by atoms with Gasteiger partial charge in [0.2, 0.25) is 5.91 Å². The van der Waals surface area contributed by atoms with Gasteiger partial charge in [0.05, 0.1) is 24.2 Å². The van der Waals surface area contributed by atoms with Gasteiger partial charge in [-0.1, -0.05) is 31.4 Å². The molecule has 1 aliphatic heterocycles. The summed E-state index contributed by atoms with van der Waals surface area (Å²) in [5.41, 5.74) is 0.968. The average Bonchev–Trinajstić information content (AvgIpc) is 3.07. The number of carbonyl (C=O) groups is 2. The van der Waals surface area contributed by atoms with Gasteiger partial charge in [0.1, 0.15) is 10.8 Å². The monoisotopic (exact) mass is 403 g/mol. The first-order chi connectivity index (χ1) is 13.5. The Morgan fingerprint density at radius 1 is 1.14 bits per heavy atom. The molecular weight excluding hydrogens is 381 g/mol. The number of hydrogen-bond donors (Lipinski definition) is 2. The van der Waals surface area contributed by atoms with Crippen LogP contribution >= 0.6 is 11.3 Å². The third-order valence-corrected chi connectivity index (χ3v) is 6.92. The van der Waals surface area contributed by atoms with Crippen LogP contribution in [0.5, 0.6) is 0 Å². The van der Waals surface area contributed by atoms with E-state index in [2.05, 4.69) is 5.32 Å². The van der Waals surface area contributed by atoms with Crippen LogP contribution in [-0.2, 0) is 28.0 Å². The van der Waals surface area contributed by atoms with Gasteiger partial charge in [-0.3, -0.25) is 4.79 Å². The van der Waals surface area contributed by atoms with Crippen LogP contribution in [0.15, 0.2) is 24.3 Å². The second kappa shape index (κ2) is 7.64. The highest BCUT2D eigenvalue weighted by Gasteiger charge is 2.42. The van der Waals surface area contributed by atoms with Crippen LogP contribution in [0, 0.1) is 5.82 Å². The van der Waals surface area contributed by atoms with Crippen LogP contribution < -0.4 is 5.32 Å². The summed E-state index contributed by atoms with van der Waals surface area (Å²) in [6.45, 7) is 0.857. The van der Waals surface area contributed by atoms with Crippen molar-refractivity contribution in [2.24, 2.45) is 0 Å². The molecule has 1 fully saturated rings. The van der Waals surface area contributed by atoms with E-state index in [9.17, 15) is 19.1 Å². The Morgan fingerprint density at radius 2 is 1.86 bits per heavy atom. The van der Waals surface area contributed by atoms with E-state index in [1.54, 1.807) is 12.1 Å². The SMILES string of the molecule is O=C(O)c1c(NC(=O)C2(c3ccc(F)cc3)CCCCC2)sc2c1CCOC2. The molecule has 0 unspecified atom stereocenters. The summed E-state index contributed by atoms with van der Waals surface area (Å²) in [6.07, 6.45) is 4.74. The Bertz CT molecular complexity index is 900. The van der Waals surface area contributed by atoms with Crippen LogP contribution in [0.3, 0.4) is 0 Å². The topological polar surface area (TPSA) is 75.6 Å².